The van der Waals surface area contributed by atoms with Crippen molar-refractivity contribution in [3.63, 3.8) is 0 Å². The molecule has 1 rings (SSSR count). The summed E-state index contributed by atoms with van der Waals surface area (Å²) in [5.74, 6) is -2.33. The fraction of sp³-hybridized carbons (Fsp3) is 0.556. The van der Waals surface area contributed by atoms with Gasteiger partial charge in [0.15, 0.2) is 0 Å². The Bertz CT molecular complexity index is 458. The first-order valence-corrected chi connectivity index (χ1v) is 7.61. The Hall–Kier alpha value is -1.72. The molecule has 0 aromatic heterocycles. The summed E-state index contributed by atoms with van der Waals surface area (Å²) in [6.07, 6.45) is -0.873. The van der Waals surface area contributed by atoms with E-state index in [1.807, 2.05) is 0 Å². The van der Waals surface area contributed by atoms with Gasteiger partial charge in [0.05, 0.1) is 12.0 Å². The summed E-state index contributed by atoms with van der Waals surface area (Å²) in [5, 5.41) is 9.42. The largest absolute Gasteiger partial charge is 0.393 e. The topological polar surface area (TPSA) is 72.8 Å². The maximum absolute atomic E-state index is 11.5. The van der Waals surface area contributed by atoms with Crippen LogP contribution in [0.1, 0.15) is 31.9 Å². The zero-order valence-electron chi connectivity index (χ0n) is 14.8. The molecule has 0 spiro atoms. The Kier molecular flexibility index (Phi) is 10.1. The zero-order chi connectivity index (χ0) is 18.0. The number of aliphatic hydroxyl groups excluding tert-OH is 1. The third-order valence-electron chi connectivity index (χ3n) is 3.30. The summed E-state index contributed by atoms with van der Waals surface area (Å²) < 4.78 is 9.33. The van der Waals surface area contributed by atoms with E-state index >= 15 is 0 Å². The molecule has 130 valence electrons. The van der Waals surface area contributed by atoms with E-state index in [1.54, 1.807) is 6.92 Å². The third kappa shape index (κ3) is 9.11. The maximum atomic E-state index is 11.5. The number of esters is 2. The summed E-state index contributed by atoms with van der Waals surface area (Å²) in [5.41, 5.74) is 2.66. The monoisotopic (exact) mass is 324 g/mol. The highest BCUT2D eigenvalue weighted by molar-refractivity contribution is 5.85. The second-order valence-corrected chi connectivity index (χ2v) is 5.77. The second kappa shape index (κ2) is 10.9. The van der Waals surface area contributed by atoms with Crippen LogP contribution >= 0.6 is 0 Å². The van der Waals surface area contributed by atoms with Gasteiger partial charge in [-0.05, 0) is 26.7 Å². The number of rotatable bonds is 5. The highest BCUT2D eigenvalue weighted by Gasteiger charge is 2.31. The normalized spacial score (nSPS) is 14.0. The van der Waals surface area contributed by atoms with Gasteiger partial charge in [-0.2, -0.15) is 0 Å². The van der Waals surface area contributed by atoms with Crippen LogP contribution < -0.4 is 0 Å². The number of carbonyl (C=O) groups is 2. The van der Waals surface area contributed by atoms with E-state index in [-0.39, 0.29) is 5.92 Å². The average molecular weight is 324 g/mol. The SMILES string of the molecule is COCC(C)C(C(=O)OC(C)=O)C(C)O.Cc1ccc(C)cc1. The lowest BCUT2D eigenvalue weighted by Gasteiger charge is -2.23. The second-order valence-electron chi connectivity index (χ2n) is 5.77. The molecule has 3 atom stereocenters. The molecule has 1 aromatic rings. The lowest BCUT2D eigenvalue weighted by atomic mass is 9.90. The first-order valence-electron chi connectivity index (χ1n) is 7.61. The van der Waals surface area contributed by atoms with Crippen molar-refractivity contribution in [1.82, 2.24) is 0 Å². The van der Waals surface area contributed by atoms with Crippen molar-refractivity contribution in [3.8, 4) is 0 Å². The number of carbonyl (C=O) groups excluding carboxylic acids is 2. The van der Waals surface area contributed by atoms with Gasteiger partial charge < -0.3 is 14.6 Å². The molecule has 5 heteroatoms. The average Bonchev–Trinajstić information content (AvgIpc) is 2.42. The molecule has 0 aliphatic rings. The molecule has 0 aliphatic carbocycles. The molecule has 0 saturated heterocycles. The van der Waals surface area contributed by atoms with Gasteiger partial charge in [0.2, 0.25) is 0 Å². The minimum absolute atomic E-state index is 0.207. The number of ether oxygens (including phenoxy) is 2. The Morgan fingerprint density at radius 1 is 1.09 bits per heavy atom. The van der Waals surface area contributed by atoms with Gasteiger partial charge in [0.25, 0.3) is 0 Å². The number of aliphatic hydroxyl groups is 1. The molecule has 0 radical (unpaired) electrons. The van der Waals surface area contributed by atoms with Crippen LogP contribution in [0.3, 0.4) is 0 Å². The quantitative estimate of drug-likeness (QED) is 0.666. The van der Waals surface area contributed by atoms with E-state index in [0.717, 1.165) is 6.92 Å². The van der Waals surface area contributed by atoms with Crippen molar-refractivity contribution >= 4 is 11.9 Å². The van der Waals surface area contributed by atoms with Gasteiger partial charge in [0, 0.05) is 20.6 Å². The number of hydrogen-bond donors (Lipinski definition) is 1. The van der Waals surface area contributed by atoms with Crippen molar-refractivity contribution in [2.75, 3.05) is 13.7 Å². The van der Waals surface area contributed by atoms with Gasteiger partial charge in [0.1, 0.15) is 0 Å². The Morgan fingerprint density at radius 3 is 1.83 bits per heavy atom. The molecule has 0 aliphatic heterocycles. The predicted molar refractivity (Wildman–Crippen MR) is 88.9 cm³/mol. The van der Waals surface area contributed by atoms with Crippen LogP contribution in [0.5, 0.6) is 0 Å². The van der Waals surface area contributed by atoms with Crippen LogP contribution in [0.25, 0.3) is 0 Å². The molecule has 1 aromatic carbocycles. The summed E-state index contributed by atoms with van der Waals surface area (Å²) in [7, 11) is 1.51. The standard InChI is InChI=1S/C10H18O5.C8H10/c1-6(5-14-4)9(7(2)11)10(13)15-8(3)12;1-7-3-5-8(2)6-4-7/h6-7,9,11H,5H2,1-4H3;3-6H,1-2H3. The minimum atomic E-state index is -0.873. The first-order chi connectivity index (χ1) is 10.7. The van der Waals surface area contributed by atoms with Crippen LogP contribution in [-0.4, -0.2) is 36.9 Å². The highest BCUT2D eigenvalue weighted by Crippen LogP contribution is 2.18. The Balaban J connectivity index is 0.000000502. The van der Waals surface area contributed by atoms with Crippen LogP contribution in [0.2, 0.25) is 0 Å². The molecule has 0 saturated carbocycles. The maximum Gasteiger partial charge on any atom is 0.319 e. The van der Waals surface area contributed by atoms with Gasteiger partial charge in [-0.25, -0.2) is 0 Å². The Morgan fingerprint density at radius 2 is 1.52 bits per heavy atom. The van der Waals surface area contributed by atoms with E-state index in [2.05, 4.69) is 42.8 Å². The van der Waals surface area contributed by atoms with Gasteiger partial charge in [-0.1, -0.05) is 42.3 Å². The van der Waals surface area contributed by atoms with Crippen LogP contribution in [0, 0.1) is 25.7 Å². The zero-order valence-corrected chi connectivity index (χ0v) is 14.8. The van der Waals surface area contributed by atoms with Gasteiger partial charge in [-0.3, -0.25) is 9.59 Å². The predicted octanol–water partition coefficient (Wildman–Crippen LogP) is 2.66. The number of hydrogen-bond acceptors (Lipinski definition) is 5. The third-order valence-corrected chi connectivity index (χ3v) is 3.30. The molecule has 5 nitrogen and oxygen atoms in total. The van der Waals surface area contributed by atoms with Gasteiger partial charge >= 0.3 is 11.9 Å². The summed E-state index contributed by atoms with van der Waals surface area (Å²) >= 11 is 0. The van der Waals surface area contributed by atoms with Crippen molar-refractivity contribution in [3.05, 3.63) is 35.4 Å². The van der Waals surface area contributed by atoms with Crippen LogP contribution in [0.15, 0.2) is 24.3 Å². The molecule has 23 heavy (non-hydrogen) atoms. The lowest BCUT2D eigenvalue weighted by Crippen LogP contribution is -2.35. The number of methoxy groups -OCH3 is 1. The molecule has 1 N–H and O–H groups in total. The van der Waals surface area contributed by atoms with E-state index in [1.165, 1.54) is 25.2 Å². The lowest BCUT2D eigenvalue weighted by molar-refractivity contribution is -0.165. The molecule has 0 fully saturated rings. The van der Waals surface area contributed by atoms with Gasteiger partial charge in [-0.15, -0.1) is 0 Å². The fourth-order valence-electron chi connectivity index (χ4n) is 2.12. The van der Waals surface area contributed by atoms with Crippen LogP contribution in [-0.2, 0) is 19.1 Å². The number of benzene rings is 1. The van der Waals surface area contributed by atoms with E-state index in [4.69, 9.17) is 4.74 Å². The van der Waals surface area contributed by atoms with E-state index < -0.39 is 24.0 Å². The van der Waals surface area contributed by atoms with Crippen molar-refractivity contribution in [1.29, 1.82) is 0 Å². The van der Waals surface area contributed by atoms with Crippen LogP contribution in [0.4, 0.5) is 0 Å². The highest BCUT2D eigenvalue weighted by atomic mass is 16.6. The summed E-state index contributed by atoms with van der Waals surface area (Å²) in [4.78, 5) is 22.1. The molecule has 0 bridgehead atoms. The Labute approximate surface area is 138 Å². The number of aryl methyl sites for hydroxylation is 2. The summed E-state index contributed by atoms with van der Waals surface area (Å²) in [6.45, 7) is 8.90. The first kappa shape index (κ1) is 21.3. The van der Waals surface area contributed by atoms with Crippen molar-refractivity contribution in [2.24, 2.45) is 11.8 Å². The van der Waals surface area contributed by atoms with Crippen molar-refractivity contribution < 1.29 is 24.2 Å². The molecule has 3 unspecified atom stereocenters. The molecule has 0 heterocycles. The minimum Gasteiger partial charge on any atom is -0.393 e. The smallest absolute Gasteiger partial charge is 0.319 e. The molecular weight excluding hydrogens is 296 g/mol. The van der Waals surface area contributed by atoms with Crippen molar-refractivity contribution in [2.45, 2.75) is 40.7 Å². The van der Waals surface area contributed by atoms with E-state index in [0.29, 0.717) is 6.61 Å². The van der Waals surface area contributed by atoms with E-state index in [9.17, 15) is 14.7 Å². The molecule has 0 amide bonds. The molecular formula is C18H28O5. The fourth-order valence-corrected chi connectivity index (χ4v) is 2.12. The summed E-state index contributed by atoms with van der Waals surface area (Å²) in [6, 6.07) is 8.48.